The molecule has 0 unspecified atom stereocenters. The van der Waals surface area contributed by atoms with Gasteiger partial charge in [-0.05, 0) is 52.3 Å². The van der Waals surface area contributed by atoms with Gasteiger partial charge in [-0.15, -0.1) is 24.0 Å². The highest BCUT2D eigenvalue weighted by molar-refractivity contribution is 14.0. The molecule has 1 aromatic rings. The summed E-state index contributed by atoms with van der Waals surface area (Å²) in [6, 6.07) is 7.60. The van der Waals surface area contributed by atoms with Gasteiger partial charge in [-0.25, -0.2) is 9.59 Å². The van der Waals surface area contributed by atoms with E-state index in [0.717, 1.165) is 11.3 Å². The standard InChI is InChI=1S/C21H34N6O3.HI/c1-14(2)24-19(28)26-16-9-7-15(8-10-16)11-23-18(22-6)25-17-12-27(13-17)20(29)30-21(3,4)5;/h7-10,14,17H,11-13H2,1-6H3,(H2,22,23,25)(H2,24,26,28);1H. The van der Waals surface area contributed by atoms with Crippen LogP contribution in [-0.4, -0.2) is 60.8 Å². The topological polar surface area (TPSA) is 107 Å². The first kappa shape index (κ1) is 26.8. The Balaban J connectivity index is 0.00000480. The van der Waals surface area contributed by atoms with Crippen LogP contribution in [0.25, 0.3) is 0 Å². The molecule has 4 N–H and O–H groups in total. The van der Waals surface area contributed by atoms with Crippen LogP contribution in [0.2, 0.25) is 0 Å². The number of ether oxygens (including phenoxy) is 1. The van der Waals surface area contributed by atoms with Crippen molar-refractivity contribution in [2.45, 2.75) is 58.8 Å². The minimum Gasteiger partial charge on any atom is -0.444 e. The normalized spacial score (nSPS) is 14.3. The maximum Gasteiger partial charge on any atom is 0.410 e. The molecule has 0 bridgehead atoms. The van der Waals surface area contributed by atoms with Gasteiger partial charge in [0.05, 0.1) is 6.04 Å². The Morgan fingerprint density at radius 2 is 1.81 bits per heavy atom. The van der Waals surface area contributed by atoms with Crippen molar-refractivity contribution in [1.29, 1.82) is 0 Å². The second-order valence-corrected chi connectivity index (χ2v) is 8.60. The molecule has 10 heteroatoms. The van der Waals surface area contributed by atoms with E-state index in [-0.39, 0.29) is 48.2 Å². The summed E-state index contributed by atoms with van der Waals surface area (Å²) in [5.74, 6) is 0.669. The molecule has 3 amide bonds. The van der Waals surface area contributed by atoms with Gasteiger partial charge in [0, 0.05) is 38.4 Å². The Bertz CT molecular complexity index is 755. The van der Waals surface area contributed by atoms with Gasteiger partial charge < -0.3 is 30.9 Å². The fraction of sp³-hybridized carbons (Fsp3) is 0.571. The third-order valence-corrected chi connectivity index (χ3v) is 4.19. The molecule has 0 radical (unpaired) electrons. The third kappa shape index (κ3) is 9.62. The molecule has 1 aromatic carbocycles. The largest absolute Gasteiger partial charge is 0.444 e. The Hall–Kier alpha value is -2.24. The summed E-state index contributed by atoms with van der Waals surface area (Å²) in [7, 11) is 1.71. The predicted octanol–water partition coefficient (Wildman–Crippen LogP) is 3.12. The van der Waals surface area contributed by atoms with E-state index in [1.807, 2.05) is 58.9 Å². The van der Waals surface area contributed by atoms with Crippen LogP contribution in [-0.2, 0) is 11.3 Å². The van der Waals surface area contributed by atoms with Crippen LogP contribution in [0.1, 0.15) is 40.2 Å². The average molecular weight is 546 g/mol. The lowest BCUT2D eigenvalue weighted by molar-refractivity contribution is 0.00700. The molecule has 1 fully saturated rings. The summed E-state index contributed by atoms with van der Waals surface area (Å²) < 4.78 is 5.36. The van der Waals surface area contributed by atoms with Gasteiger partial charge in [-0.3, -0.25) is 4.99 Å². The highest BCUT2D eigenvalue weighted by Gasteiger charge is 2.34. The number of nitrogens with one attached hydrogen (secondary N) is 4. The lowest BCUT2D eigenvalue weighted by Gasteiger charge is -2.40. The highest BCUT2D eigenvalue weighted by atomic mass is 127. The first-order valence-corrected chi connectivity index (χ1v) is 10.2. The molecule has 1 saturated heterocycles. The van der Waals surface area contributed by atoms with E-state index in [2.05, 4.69) is 26.3 Å². The molecule has 1 heterocycles. The van der Waals surface area contributed by atoms with Crippen molar-refractivity contribution in [3.63, 3.8) is 0 Å². The summed E-state index contributed by atoms with van der Waals surface area (Å²) in [6.07, 6.45) is -0.292. The number of carbonyl (C=O) groups excluding carboxylic acids is 2. The quantitative estimate of drug-likeness (QED) is 0.258. The fourth-order valence-corrected chi connectivity index (χ4v) is 2.75. The van der Waals surface area contributed by atoms with Crippen molar-refractivity contribution in [2.75, 3.05) is 25.5 Å². The second kappa shape index (κ2) is 12.0. The number of likely N-dealkylation sites (tertiary alicyclic amines) is 1. The van der Waals surface area contributed by atoms with Crippen molar-refractivity contribution in [3.05, 3.63) is 29.8 Å². The van der Waals surface area contributed by atoms with Crippen LogP contribution < -0.4 is 21.3 Å². The van der Waals surface area contributed by atoms with Crippen LogP contribution in [0.4, 0.5) is 15.3 Å². The van der Waals surface area contributed by atoms with Crippen LogP contribution in [0.3, 0.4) is 0 Å². The number of hydrogen-bond acceptors (Lipinski definition) is 4. The molecule has 1 aliphatic heterocycles. The number of hydrogen-bond donors (Lipinski definition) is 4. The average Bonchev–Trinajstić information content (AvgIpc) is 2.59. The molecule has 1 aliphatic rings. The van der Waals surface area contributed by atoms with E-state index in [1.165, 1.54) is 0 Å². The molecule has 0 saturated carbocycles. The summed E-state index contributed by atoms with van der Waals surface area (Å²) in [5, 5.41) is 12.1. The smallest absolute Gasteiger partial charge is 0.410 e. The first-order valence-electron chi connectivity index (χ1n) is 10.2. The number of amides is 3. The predicted molar refractivity (Wildman–Crippen MR) is 134 cm³/mol. The SMILES string of the molecule is CN=C(NCc1ccc(NC(=O)NC(C)C)cc1)NC1CN(C(=O)OC(C)(C)C)C1.I. The van der Waals surface area contributed by atoms with E-state index < -0.39 is 5.60 Å². The summed E-state index contributed by atoms with van der Waals surface area (Å²) in [5.41, 5.74) is 1.30. The molecule has 9 nitrogen and oxygen atoms in total. The number of urea groups is 1. The molecule has 0 aliphatic carbocycles. The second-order valence-electron chi connectivity index (χ2n) is 8.60. The van der Waals surface area contributed by atoms with Gasteiger partial charge in [0.2, 0.25) is 0 Å². The third-order valence-electron chi connectivity index (χ3n) is 4.19. The monoisotopic (exact) mass is 546 g/mol. The molecule has 0 aromatic heterocycles. The van der Waals surface area contributed by atoms with E-state index in [1.54, 1.807) is 11.9 Å². The van der Waals surface area contributed by atoms with Crippen LogP contribution >= 0.6 is 24.0 Å². The Kier molecular flexibility index (Phi) is 10.3. The zero-order valence-corrected chi connectivity index (χ0v) is 21.4. The Labute approximate surface area is 201 Å². The first-order chi connectivity index (χ1) is 14.1. The number of rotatable bonds is 5. The number of carbonyl (C=O) groups is 2. The van der Waals surface area contributed by atoms with Crippen LogP contribution in [0.5, 0.6) is 0 Å². The molecule has 0 spiro atoms. The molecule has 0 atom stereocenters. The summed E-state index contributed by atoms with van der Waals surface area (Å²) in [4.78, 5) is 29.6. The number of aliphatic imine (C=N–C) groups is 1. The van der Waals surface area contributed by atoms with Crippen LogP contribution in [0.15, 0.2) is 29.3 Å². The van der Waals surface area contributed by atoms with Gasteiger partial charge in [0.15, 0.2) is 5.96 Å². The fourth-order valence-electron chi connectivity index (χ4n) is 2.75. The van der Waals surface area contributed by atoms with Gasteiger partial charge in [0.25, 0.3) is 0 Å². The van der Waals surface area contributed by atoms with E-state index in [4.69, 9.17) is 4.74 Å². The number of guanidine groups is 1. The number of halogens is 1. The van der Waals surface area contributed by atoms with E-state index >= 15 is 0 Å². The zero-order valence-electron chi connectivity index (χ0n) is 19.1. The van der Waals surface area contributed by atoms with Crippen molar-refractivity contribution < 1.29 is 14.3 Å². The molecule has 174 valence electrons. The summed E-state index contributed by atoms with van der Waals surface area (Å²) >= 11 is 0. The number of nitrogens with zero attached hydrogens (tertiary/aromatic N) is 2. The van der Waals surface area contributed by atoms with Crippen molar-refractivity contribution in [2.24, 2.45) is 4.99 Å². The molecule has 2 rings (SSSR count). The van der Waals surface area contributed by atoms with E-state index in [9.17, 15) is 9.59 Å². The maximum atomic E-state index is 12.0. The highest BCUT2D eigenvalue weighted by Crippen LogP contribution is 2.15. The number of anilines is 1. The lowest BCUT2D eigenvalue weighted by atomic mass is 10.1. The lowest BCUT2D eigenvalue weighted by Crippen LogP contribution is -2.63. The van der Waals surface area contributed by atoms with Gasteiger partial charge in [-0.2, -0.15) is 0 Å². The van der Waals surface area contributed by atoms with Crippen molar-refractivity contribution >= 4 is 47.7 Å². The number of benzene rings is 1. The van der Waals surface area contributed by atoms with Crippen molar-refractivity contribution in [1.82, 2.24) is 20.9 Å². The minimum absolute atomic E-state index is 0. The summed E-state index contributed by atoms with van der Waals surface area (Å²) in [6.45, 7) is 11.1. The Morgan fingerprint density at radius 3 is 2.32 bits per heavy atom. The maximum absolute atomic E-state index is 12.0. The molecular formula is C21H35IN6O3. The molecular weight excluding hydrogens is 511 g/mol. The van der Waals surface area contributed by atoms with Crippen molar-refractivity contribution in [3.8, 4) is 0 Å². The molecule has 31 heavy (non-hydrogen) atoms. The minimum atomic E-state index is -0.490. The van der Waals surface area contributed by atoms with Crippen LogP contribution in [0, 0.1) is 0 Å². The van der Waals surface area contributed by atoms with Gasteiger partial charge >= 0.3 is 12.1 Å². The van der Waals surface area contributed by atoms with Gasteiger partial charge in [0.1, 0.15) is 5.60 Å². The Morgan fingerprint density at radius 1 is 1.19 bits per heavy atom. The van der Waals surface area contributed by atoms with Gasteiger partial charge in [-0.1, -0.05) is 12.1 Å². The van der Waals surface area contributed by atoms with E-state index in [0.29, 0.717) is 25.6 Å². The zero-order chi connectivity index (χ0) is 22.3.